The van der Waals surface area contributed by atoms with E-state index in [9.17, 15) is 14.4 Å². The van der Waals surface area contributed by atoms with Gasteiger partial charge in [-0.05, 0) is 31.2 Å². The van der Waals surface area contributed by atoms with Crippen molar-refractivity contribution >= 4 is 29.6 Å². The number of hydrogen-bond acceptors (Lipinski definition) is 7. The lowest BCUT2D eigenvalue weighted by atomic mass is 10.0. The molecule has 4 amide bonds. The van der Waals surface area contributed by atoms with Crippen LogP contribution in [0.25, 0.3) is 6.08 Å². The molecule has 1 saturated heterocycles. The highest BCUT2D eigenvalue weighted by molar-refractivity contribution is 6.39. The molecular formula is C22H22N2O7. The molecule has 0 unspecified atom stereocenters. The molecule has 1 aliphatic heterocycles. The molecule has 3 rings (SSSR count). The first-order chi connectivity index (χ1) is 14.9. The summed E-state index contributed by atoms with van der Waals surface area (Å²) in [6.07, 6.45) is 1.33. The van der Waals surface area contributed by atoms with E-state index < -0.39 is 17.8 Å². The van der Waals surface area contributed by atoms with Gasteiger partial charge in [0.25, 0.3) is 11.8 Å². The number of benzene rings is 2. The molecular weight excluding hydrogens is 404 g/mol. The van der Waals surface area contributed by atoms with Gasteiger partial charge in [0, 0.05) is 11.6 Å². The first-order valence-electron chi connectivity index (χ1n) is 9.38. The van der Waals surface area contributed by atoms with Crippen molar-refractivity contribution in [3.63, 3.8) is 0 Å². The smallest absolute Gasteiger partial charge is 0.336 e. The Labute approximate surface area is 179 Å². The number of urea groups is 1. The van der Waals surface area contributed by atoms with E-state index in [1.165, 1.54) is 27.4 Å². The first kappa shape index (κ1) is 21.7. The minimum atomic E-state index is -0.862. The van der Waals surface area contributed by atoms with Crippen LogP contribution in [0.15, 0.2) is 42.0 Å². The van der Waals surface area contributed by atoms with E-state index in [1.807, 2.05) is 0 Å². The normalized spacial score (nSPS) is 15.0. The third-order valence-electron chi connectivity index (χ3n) is 4.54. The minimum absolute atomic E-state index is 0.226. The average molecular weight is 426 g/mol. The fourth-order valence-corrected chi connectivity index (χ4v) is 3.12. The third-order valence-corrected chi connectivity index (χ3v) is 4.54. The third kappa shape index (κ3) is 4.16. The van der Waals surface area contributed by atoms with Crippen LogP contribution in [0.3, 0.4) is 0 Å². The number of nitrogens with one attached hydrogen (secondary N) is 1. The number of rotatable bonds is 7. The number of amides is 4. The molecule has 1 N–H and O–H groups in total. The van der Waals surface area contributed by atoms with Crippen LogP contribution >= 0.6 is 0 Å². The fourth-order valence-electron chi connectivity index (χ4n) is 3.12. The van der Waals surface area contributed by atoms with Crippen LogP contribution in [-0.4, -0.2) is 45.8 Å². The standard InChI is InChI=1S/C22H22N2O7/c1-5-31-16-9-7-6-8-15(16)24-21(26)14(20(25)23-22(24)27)10-13-11-18(29-3)19(30-4)12-17(13)28-2/h6-12H,5H2,1-4H3,(H,23,25,27)/b14-10+. The summed E-state index contributed by atoms with van der Waals surface area (Å²) in [5, 5.41) is 2.19. The van der Waals surface area contributed by atoms with Crippen molar-refractivity contribution in [2.24, 2.45) is 0 Å². The molecule has 2 aromatic rings. The van der Waals surface area contributed by atoms with E-state index in [0.717, 1.165) is 4.90 Å². The van der Waals surface area contributed by atoms with Crippen molar-refractivity contribution < 1.29 is 33.3 Å². The number of nitrogens with zero attached hydrogens (tertiary/aromatic N) is 1. The first-order valence-corrected chi connectivity index (χ1v) is 9.38. The van der Waals surface area contributed by atoms with Crippen LogP contribution < -0.4 is 29.2 Å². The number of carbonyl (C=O) groups excluding carboxylic acids is 3. The summed E-state index contributed by atoms with van der Waals surface area (Å²) in [5.74, 6) is -0.124. The maximum atomic E-state index is 13.2. The Morgan fingerprint density at radius 2 is 1.55 bits per heavy atom. The number of methoxy groups -OCH3 is 3. The zero-order valence-electron chi connectivity index (χ0n) is 17.6. The van der Waals surface area contributed by atoms with Crippen LogP contribution in [0.5, 0.6) is 23.0 Å². The number of ether oxygens (including phenoxy) is 4. The maximum Gasteiger partial charge on any atom is 0.336 e. The molecule has 0 bridgehead atoms. The van der Waals surface area contributed by atoms with Crippen molar-refractivity contribution in [3.8, 4) is 23.0 Å². The van der Waals surface area contributed by atoms with Gasteiger partial charge in [-0.1, -0.05) is 12.1 Å². The van der Waals surface area contributed by atoms with Crippen LogP contribution in [0, 0.1) is 0 Å². The van der Waals surface area contributed by atoms with Crippen LogP contribution in [0.2, 0.25) is 0 Å². The monoisotopic (exact) mass is 426 g/mol. The van der Waals surface area contributed by atoms with Gasteiger partial charge in [-0.25, -0.2) is 9.69 Å². The van der Waals surface area contributed by atoms with Gasteiger partial charge in [-0.2, -0.15) is 0 Å². The summed E-state index contributed by atoms with van der Waals surface area (Å²) in [6, 6.07) is 8.86. The zero-order chi connectivity index (χ0) is 22.5. The quantitative estimate of drug-likeness (QED) is 0.536. The molecule has 0 spiro atoms. The summed E-state index contributed by atoms with van der Waals surface area (Å²) in [4.78, 5) is 39.1. The van der Waals surface area contributed by atoms with Crippen molar-refractivity contribution in [2.45, 2.75) is 6.92 Å². The largest absolute Gasteiger partial charge is 0.496 e. The van der Waals surface area contributed by atoms with Gasteiger partial charge >= 0.3 is 6.03 Å². The summed E-state index contributed by atoms with van der Waals surface area (Å²) in [7, 11) is 4.39. The van der Waals surface area contributed by atoms with Crippen molar-refractivity contribution in [3.05, 3.63) is 47.5 Å². The lowest BCUT2D eigenvalue weighted by Crippen LogP contribution is -2.54. The summed E-state index contributed by atoms with van der Waals surface area (Å²) < 4.78 is 21.4. The second kappa shape index (κ2) is 9.21. The van der Waals surface area contributed by atoms with Gasteiger partial charge in [0.2, 0.25) is 0 Å². The number of para-hydroxylation sites is 2. The predicted molar refractivity (Wildman–Crippen MR) is 113 cm³/mol. The van der Waals surface area contributed by atoms with Crippen LogP contribution in [0.4, 0.5) is 10.5 Å². The Morgan fingerprint density at radius 1 is 0.903 bits per heavy atom. The van der Waals surface area contributed by atoms with Crippen molar-refractivity contribution in [1.29, 1.82) is 0 Å². The summed E-state index contributed by atoms with van der Waals surface area (Å²) in [6.45, 7) is 2.12. The molecule has 9 nitrogen and oxygen atoms in total. The molecule has 1 fully saturated rings. The van der Waals surface area contributed by atoms with Gasteiger partial charge in [0.1, 0.15) is 17.1 Å². The second-order valence-corrected chi connectivity index (χ2v) is 6.31. The molecule has 0 radical (unpaired) electrons. The Balaban J connectivity index is 2.10. The number of barbiturate groups is 1. The summed E-state index contributed by atoms with van der Waals surface area (Å²) in [5.41, 5.74) is 0.368. The van der Waals surface area contributed by atoms with E-state index in [2.05, 4.69) is 5.32 Å². The molecule has 1 heterocycles. The van der Waals surface area contributed by atoms with Gasteiger partial charge in [-0.3, -0.25) is 14.9 Å². The van der Waals surface area contributed by atoms with Crippen LogP contribution in [0.1, 0.15) is 12.5 Å². The van der Waals surface area contributed by atoms with Gasteiger partial charge in [0.05, 0.1) is 33.6 Å². The topological polar surface area (TPSA) is 103 Å². The fraction of sp³-hybridized carbons (Fsp3) is 0.227. The van der Waals surface area contributed by atoms with Gasteiger partial charge in [-0.15, -0.1) is 0 Å². The second-order valence-electron chi connectivity index (χ2n) is 6.31. The number of imide groups is 2. The number of hydrogen-bond donors (Lipinski definition) is 1. The van der Waals surface area contributed by atoms with Crippen LogP contribution in [-0.2, 0) is 9.59 Å². The lowest BCUT2D eigenvalue weighted by molar-refractivity contribution is -0.122. The van der Waals surface area contributed by atoms with E-state index in [4.69, 9.17) is 18.9 Å². The Morgan fingerprint density at radius 3 is 2.19 bits per heavy atom. The molecule has 0 atom stereocenters. The zero-order valence-corrected chi connectivity index (χ0v) is 17.6. The number of carbonyl (C=O) groups is 3. The Bertz CT molecular complexity index is 1060. The average Bonchev–Trinajstić information content (AvgIpc) is 2.77. The highest BCUT2D eigenvalue weighted by Gasteiger charge is 2.38. The molecule has 0 aromatic heterocycles. The molecule has 162 valence electrons. The van der Waals surface area contributed by atoms with E-state index in [1.54, 1.807) is 43.3 Å². The Kier molecular flexibility index (Phi) is 6.44. The Hall–Kier alpha value is -4.01. The lowest BCUT2D eigenvalue weighted by Gasteiger charge is -2.27. The van der Waals surface area contributed by atoms with Gasteiger partial charge in [0.15, 0.2) is 11.5 Å². The summed E-state index contributed by atoms with van der Waals surface area (Å²) >= 11 is 0. The highest BCUT2D eigenvalue weighted by Crippen LogP contribution is 2.37. The number of anilines is 1. The molecule has 1 aliphatic rings. The molecule has 2 aromatic carbocycles. The van der Waals surface area contributed by atoms with E-state index in [-0.39, 0.29) is 11.3 Å². The molecule has 0 saturated carbocycles. The molecule has 9 heteroatoms. The predicted octanol–water partition coefficient (Wildman–Crippen LogP) is 2.78. The highest BCUT2D eigenvalue weighted by atomic mass is 16.5. The van der Waals surface area contributed by atoms with Crippen molar-refractivity contribution in [2.75, 3.05) is 32.8 Å². The maximum absolute atomic E-state index is 13.2. The minimum Gasteiger partial charge on any atom is -0.496 e. The molecule has 31 heavy (non-hydrogen) atoms. The van der Waals surface area contributed by atoms with Gasteiger partial charge < -0.3 is 18.9 Å². The van der Waals surface area contributed by atoms with Crippen molar-refractivity contribution in [1.82, 2.24) is 5.32 Å². The molecule has 0 aliphatic carbocycles. The SMILES string of the molecule is CCOc1ccccc1N1C(=O)NC(=O)/C(=C\c2cc(OC)c(OC)cc2OC)C1=O. The van der Waals surface area contributed by atoms with E-state index in [0.29, 0.717) is 35.2 Å². The van der Waals surface area contributed by atoms with E-state index >= 15 is 0 Å².